The third-order valence-corrected chi connectivity index (χ3v) is 4.78. The van der Waals surface area contributed by atoms with Gasteiger partial charge in [-0.15, -0.1) is 0 Å². The van der Waals surface area contributed by atoms with E-state index < -0.39 is 0 Å². The molecule has 0 aromatic heterocycles. The highest BCUT2D eigenvalue weighted by molar-refractivity contribution is 9.10. The second-order valence-corrected chi connectivity index (χ2v) is 6.39. The van der Waals surface area contributed by atoms with Gasteiger partial charge in [-0.2, -0.15) is 11.8 Å². The van der Waals surface area contributed by atoms with Crippen molar-refractivity contribution in [2.24, 2.45) is 0 Å². The van der Waals surface area contributed by atoms with E-state index in [-0.39, 0.29) is 0 Å². The molecule has 1 saturated heterocycles. The van der Waals surface area contributed by atoms with E-state index >= 15 is 0 Å². The molecular weight excluding hydrogens is 286 g/mol. The number of thioether (sulfide) groups is 1. The highest BCUT2D eigenvalue weighted by atomic mass is 79.9. The zero-order valence-corrected chi connectivity index (χ0v) is 11.9. The Morgan fingerprint density at radius 2 is 2.31 bits per heavy atom. The monoisotopic (exact) mass is 301 g/mol. The predicted molar refractivity (Wildman–Crippen MR) is 74.6 cm³/mol. The SMILES string of the molecule is COc1ccc(Br)c(NC2CSC(C)C2)c1. The highest BCUT2D eigenvalue weighted by Crippen LogP contribution is 2.32. The van der Waals surface area contributed by atoms with Crippen molar-refractivity contribution < 1.29 is 4.74 Å². The summed E-state index contributed by atoms with van der Waals surface area (Å²) in [6, 6.07) is 6.59. The Labute approximate surface area is 109 Å². The van der Waals surface area contributed by atoms with Gasteiger partial charge < -0.3 is 10.1 Å². The fourth-order valence-corrected chi connectivity index (χ4v) is 3.39. The molecule has 0 radical (unpaired) electrons. The lowest BCUT2D eigenvalue weighted by molar-refractivity contribution is 0.415. The van der Waals surface area contributed by atoms with Crippen LogP contribution in [0.3, 0.4) is 0 Å². The van der Waals surface area contributed by atoms with Gasteiger partial charge in [-0.25, -0.2) is 0 Å². The quantitative estimate of drug-likeness (QED) is 0.918. The number of rotatable bonds is 3. The average molecular weight is 302 g/mol. The number of benzene rings is 1. The van der Waals surface area contributed by atoms with Gasteiger partial charge in [-0.1, -0.05) is 6.92 Å². The number of anilines is 1. The van der Waals surface area contributed by atoms with E-state index in [1.54, 1.807) is 7.11 Å². The topological polar surface area (TPSA) is 21.3 Å². The molecule has 1 aliphatic heterocycles. The molecule has 2 atom stereocenters. The first-order valence-electron chi connectivity index (χ1n) is 5.40. The van der Waals surface area contributed by atoms with Crippen LogP contribution in [0.1, 0.15) is 13.3 Å². The van der Waals surface area contributed by atoms with Crippen molar-refractivity contribution >= 4 is 33.4 Å². The van der Waals surface area contributed by atoms with Crippen molar-refractivity contribution in [3.63, 3.8) is 0 Å². The van der Waals surface area contributed by atoms with Crippen LogP contribution < -0.4 is 10.1 Å². The van der Waals surface area contributed by atoms with Crippen LogP contribution >= 0.6 is 27.7 Å². The summed E-state index contributed by atoms with van der Waals surface area (Å²) in [5.74, 6) is 2.08. The highest BCUT2D eigenvalue weighted by Gasteiger charge is 2.22. The zero-order valence-electron chi connectivity index (χ0n) is 9.50. The second kappa shape index (κ2) is 5.32. The van der Waals surface area contributed by atoms with Gasteiger partial charge in [-0.05, 0) is 34.5 Å². The number of halogens is 1. The van der Waals surface area contributed by atoms with Crippen molar-refractivity contribution in [1.82, 2.24) is 0 Å². The molecule has 88 valence electrons. The molecule has 2 nitrogen and oxygen atoms in total. The van der Waals surface area contributed by atoms with Crippen molar-refractivity contribution in [2.75, 3.05) is 18.2 Å². The molecular formula is C12H16BrNOS. The van der Waals surface area contributed by atoms with Crippen LogP contribution in [0.5, 0.6) is 5.75 Å². The molecule has 4 heteroatoms. The fourth-order valence-electron chi connectivity index (χ4n) is 1.88. The molecule has 0 saturated carbocycles. The van der Waals surface area contributed by atoms with E-state index in [4.69, 9.17) is 4.74 Å². The summed E-state index contributed by atoms with van der Waals surface area (Å²) in [7, 11) is 1.69. The molecule has 1 N–H and O–H groups in total. The maximum absolute atomic E-state index is 5.23. The van der Waals surface area contributed by atoms with Gasteiger partial charge in [-0.3, -0.25) is 0 Å². The van der Waals surface area contributed by atoms with Crippen LogP contribution in [0, 0.1) is 0 Å². The largest absolute Gasteiger partial charge is 0.497 e. The number of methoxy groups -OCH3 is 1. The van der Waals surface area contributed by atoms with Crippen molar-refractivity contribution in [3.8, 4) is 5.75 Å². The Bertz CT molecular complexity index is 372. The van der Waals surface area contributed by atoms with Gasteiger partial charge in [0.15, 0.2) is 0 Å². The van der Waals surface area contributed by atoms with Crippen LogP contribution in [0.2, 0.25) is 0 Å². The van der Waals surface area contributed by atoms with Gasteiger partial charge in [0.05, 0.1) is 12.8 Å². The van der Waals surface area contributed by atoms with Crippen LogP contribution in [0.15, 0.2) is 22.7 Å². The van der Waals surface area contributed by atoms with E-state index in [2.05, 4.69) is 28.2 Å². The van der Waals surface area contributed by atoms with Crippen LogP contribution in [0.4, 0.5) is 5.69 Å². The molecule has 1 aromatic carbocycles. The summed E-state index contributed by atoms with van der Waals surface area (Å²) in [6.07, 6.45) is 1.23. The summed E-state index contributed by atoms with van der Waals surface area (Å²) in [5, 5.41) is 4.33. The Hall–Kier alpha value is -0.350. The number of hydrogen-bond donors (Lipinski definition) is 1. The molecule has 0 spiro atoms. The summed E-state index contributed by atoms with van der Waals surface area (Å²) in [4.78, 5) is 0. The van der Waals surface area contributed by atoms with Crippen molar-refractivity contribution in [2.45, 2.75) is 24.6 Å². The Morgan fingerprint density at radius 1 is 1.50 bits per heavy atom. The fraction of sp³-hybridized carbons (Fsp3) is 0.500. The van der Waals surface area contributed by atoms with E-state index in [1.807, 2.05) is 30.0 Å². The summed E-state index contributed by atoms with van der Waals surface area (Å²) in [6.45, 7) is 2.28. The molecule has 0 aliphatic carbocycles. The zero-order chi connectivity index (χ0) is 11.5. The van der Waals surface area contributed by atoms with Gasteiger partial charge in [0.1, 0.15) is 5.75 Å². The van der Waals surface area contributed by atoms with Crippen LogP contribution in [-0.2, 0) is 0 Å². The minimum Gasteiger partial charge on any atom is -0.497 e. The van der Waals surface area contributed by atoms with Crippen molar-refractivity contribution in [1.29, 1.82) is 0 Å². The Balaban J connectivity index is 2.08. The molecule has 2 unspecified atom stereocenters. The molecule has 16 heavy (non-hydrogen) atoms. The lowest BCUT2D eigenvalue weighted by atomic mass is 10.2. The van der Waals surface area contributed by atoms with Crippen LogP contribution in [-0.4, -0.2) is 24.2 Å². The van der Waals surface area contributed by atoms with E-state index in [0.29, 0.717) is 6.04 Å². The van der Waals surface area contributed by atoms with Gasteiger partial charge in [0.25, 0.3) is 0 Å². The maximum atomic E-state index is 5.23. The minimum absolute atomic E-state index is 0.573. The predicted octanol–water partition coefficient (Wildman–Crippen LogP) is 3.76. The lowest BCUT2D eigenvalue weighted by Gasteiger charge is -2.15. The molecule has 1 heterocycles. The Kier molecular flexibility index (Phi) is 4.03. The summed E-state index contributed by atoms with van der Waals surface area (Å²) in [5.41, 5.74) is 1.12. The third kappa shape index (κ3) is 2.86. The average Bonchev–Trinajstić information content (AvgIpc) is 2.67. The second-order valence-electron chi connectivity index (χ2n) is 4.07. The van der Waals surface area contributed by atoms with E-state index in [9.17, 15) is 0 Å². The summed E-state index contributed by atoms with van der Waals surface area (Å²) < 4.78 is 6.32. The third-order valence-electron chi connectivity index (χ3n) is 2.73. The maximum Gasteiger partial charge on any atom is 0.121 e. The number of hydrogen-bond acceptors (Lipinski definition) is 3. The normalized spacial score (nSPS) is 24.4. The molecule has 2 rings (SSSR count). The lowest BCUT2D eigenvalue weighted by Crippen LogP contribution is -2.19. The molecule has 1 aliphatic rings. The van der Waals surface area contributed by atoms with Gasteiger partial charge in [0.2, 0.25) is 0 Å². The first kappa shape index (κ1) is 12.1. The molecule has 1 fully saturated rings. The van der Waals surface area contributed by atoms with Gasteiger partial charge in [0, 0.05) is 27.6 Å². The Morgan fingerprint density at radius 3 is 2.94 bits per heavy atom. The van der Waals surface area contributed by atoms with Crippen molar-refractivity contribution in [3.05, 3.63) is 22.7 Å². The van der Waals surface area contributed by atoms with Crippen LogP contribution in [0.25, 0.3) is 0 Å². The van der Waals surface area contributed by atoms with E-state index in [0.717, 1.165) is 21.2 Å². The number of nitrogens with one attached hydrogen (secondary N) is 1. The molecule has 1 aromatic rings. The number of ether oxygens (including phenoxy) is 1. The minimum atomic E-state index is 0.573. The standard InChI is InChI=1S/C12H16BrNOS/c1-8-5-9(7-16-8)14-12-6-10(15-2)3-4-11(12)13/h3-4,6,8-9,14H,5,7H2,1-2H3. The smallest absolute Gasteiger partial charge is 0.121 e. The van der Waals surface area contributed by atoms with E-state index in [1.165, 1.54) is 12.2 Å². The summed E-state index contributed by atoms with van der Waals surface area (Å²) >= 11 is 5.59. The first-order chi connectivity index (χ1) is 7.69. The molecule has 0 bridgehead atoms. The van der Waals surface area contributed by atoms with Gasteiger partial charge >= 0.3 is 0 Å². The first-order valence-corrected chi connectivity index (χ1v) is 7.25. The molecule has 0 amide bonds.